The molecule has 0 aromatic rings. The van der Waals surface area contributed by atoms with Crippen molar-refractivity contribution in [1.29, 1.82) is 0 Å². The minimum Gasteiger partial charge on any atom is -0.414 e. The minimum atomic E-state index is -1.37. The summed E-state index contributed by atoms with van der Waals surface area (Å²) in [5.74, 6) is 0.906. The van der Waals surface area contributed by atoms with Crippen molar-refractivity contribution < 1.29 is 4.43 Å². The lowest BCUT2D eigenvalue weighted by atomic mass is 9.70. The third-order valence-electron chi connectivity index (χ3n) is 5.21. The molecule has 2 aliphatic rings. The highest BCUT2D eigenvalue weighted by atomic mass is 28.4. The van der Waals surface area contributed by atoms with Crippen LogP contribution < -0.4 is 0 Å². The molecule has 3 atom stereocenters. The summed E-state index contributed by atoms with van der Waals surface area (Å²) < 4.78 is 6.41. The van der Waals surface area contributed by atoms with E-state index in [9.17, 15) is 0 Å². The minimum absolute atomic E-state index is 0.442. The molecule has 0 aromatic carbocycles. The SMILES string of the molecule is CC1(C)[C@@H]2CC[C@@]1(C)[C@@H](O[Si](C)(C)C)C2. The Kier molecular flexibility index (Phi) is 2.41. The van der Waals surface area contributed by atoms with Gasteiger partial charge in [0.05, 0.1) is 6.10 Å². The molecule has 0 amide bonds. The molecule has 88 valence electrons. The summed E-state index contributed by atoms with van der Waals surface area (Å²) >= 11 is 0. The topological polar surface area (TPSA) is 9.23 Å². The van der Waals surface area contributed by atoms with Gasteiger partial charge in [-0.3, -0.25) is 0 Å². The Morgan fingerprint density at radius 1 is 1.13 bits per heavy atom. The molecule has 2 rings (SSSR count). The van der Waals surface area contributed by atoms with Crippen molar-refractivity contribution in [3.63, 3.8) is 0 Å². The molecule has 2 bridgehead atoms. The van der Waals surface area contributed by atoms with Crippen molar-refractivity contribution in [3.05, 3.63) is 0 Å². The molecule has 2 aliphatic carbocycles. The summed E-state index contributed by atoms with van der Waals surface area (Å²) in [6.45, 7) is 14.3. The molecule has 2 heteroatoms. The van der Waals surface area contributed by atoms with E-state index in [0.717, 1.165) is 5.92 Å². The molecule has 0 aliphatic heterocycles. The normalized spacial score (nSPS) is 43.6. The molecule has 0 unspecified atom stereocenters. The summed E-state index contributed by atoms with van der Waals surface area (Å²) in [5.41, 5.74) is 0.940. The van der Waals surface area contributed by atoms with E-state index in [-0.39, 0.29) is 0 Å². The number of hydrogen-bond acceptors (Lipinski definition) is 1. The van der Waals surface area contributed by atoms with E-state index in [1.165, 1.54) is 19.3 Å². The van der Waals surface area contributed by atoms with Crippen LogP contribution in [0.1, 0.15) is 40.0 Å². The number of fused-ring (bicyclic) bond motifs is 2. The van der Waals surface area contributed by atoms with Gasteiger partial charge in [0.15, 0.2) is 8.32 Å². The van der Waals surface area contributed by atoms with Crippen LogP contribution in [-0.4, -0.2) is 14.4 Å². The molecule has 0 saturated heterocycles. The molecular formula is C13H26OSi. The monoisotopic (exact) mass is 226 g/mol. The van der Waals surface area contributed by atoms with Gasteiger partial charge in [-0.2, -0.15) is 0 Å². The quantitative estimate of drug-likeness (QED) is 0.645. The zero-order chi connectivity index (χ0) is 11.5. The standard InChI is InChI=1S/C13H26OSi/c1-12(2)10-7-8-13(12,3)11(9-10)14-15(4,5)6/h10-11H,7-9H2,1-6H3/t10-,11+,13+/m1/s1. The fourth-order valence-corrected chi connectivity index (χ4v) is 4.95. The van der Waals surface area contributed by atoms with Gasteiger partial charge in [0.2, 0.25) is 0 Å². The van der Waals surface area contributed by atoms with Gasteiger partial charge in [0.1, 0.15) is 0 Å². The highest BCUT2D eigenvalue weighted by Gasteiger charge is 2.62. The van der Waals surface area contributed by atoms with Crippen LogP contribution in [0.25, 0.3) is 0 Å². The van der Waals surface area contributed by atoms with E-state index in [2.05, 4.69) is 40.4 Å². The molecule has 2 saturated carbocycles. The third-order valence-corrected chi connectivity index (χ3v) is 6.20. The van der Waals surface area contributed by atoms with Crippen LogP contribution in [0.15, 0.2) is 0 Å². The van der Waals surface area contributed by atoms with Gasteiger partial charge in [-0.05, 0) is 55.7 Å². The maximum absolute atomic E-state index is 6.41. The first kappa shape index (κ1) is 11.7. The Morgan fingerprint density at radius 2 is 1.73 bits per heavy atom. The van der Waals surface area contributed by atoms with Crippen LogP contribution >= 0.6 is 0 Å². The van der Waals surface area contributed by atoms with Gasteiger partial charge in [-0.15, -0.1) is 0 Å². The van der Waals surface area contributed by atoms with Gasteiger partial charge in [-0.1, -0.05) is 20.8 Å². The first-order valence-electron chi connectivity index (χ1n) is 6.35. The number of hydrogen-bond donors (Lipinski definition) is 0. The summed E-state index contributed by atoms with van der Waals surface area (Å²) in [4.78, 5) is 0. The summed E-state index contributed by atoms with van der Waals surface area (Å²) in [7, 11) is -1.37. The lowest BCUT2D eigenvalue weighted by Gasteiger charge is -2.41. The van der Waals surface area contributed by atoms with Gasteiger partial charge in [-0.25, -0.2) is 0 Å². The van der Waals surface area contributed by atoms with Crippen LogP contribution in [0.2, 0.25) is 19.6 Å². The molecule has 0 heterocycles. The Labute approximate surface area is 95.7 Å². The second-order valence-corrected chi connectivity index (χ2v) is 11.8. The zero-order valence-corrected chi connectivity index (χ0v) is 12.2. The Hall–Kier alpha value is 0.177. The van der Waals surface area contributed by atoms with E-state index in [1.807, 2.05) is 0 Å². The van der Waals surface area contributed by atoms with E-state index in [4.69, 9.17) is 4.43 Å². The predicted molar refractivity (Wildman–Crippen MR) is 67.4 cm³/mol. The summed E-state index contributed by atoms with van der Waals surface area (Å²) in [6, 6.07) is 0. The van der Waals surface area contributed by atoms with Gasteiger partial charge in [0.25, 0.3) is 0 Å². The Bertz CT molecular complexity index is 266. The van der Waals surface area contributed by atoms with Gasteiger partial charge in [0, 0.05) is 0 Å². The second kappa shape index (κ2) is 3.10. The molecule has 0 spiro atoms. The molecule has 15 heavy (non-hydrogen) atoms. The van der Waals surface area contributed by atoms with Crippen LogP contribution in [0, 0.1) is 16.7 Å². The summed E-state index contributed by atoms with van der Waals surface area (Å²) in [6.07, 6.45) is 4.65. The molecular weight excluding hydrogens is 200 g/mol. The molecule has 1 nitrogen and oxygen atoms in total. The molecule has 0 aromatic heterocycles. The average Bonchev–Trinajstić information content (AvgIpc) is 2.34. The van der Waals surface area contributed by atoms with Gasteiger partial charge < -0.3 is 4.43 Å². The first-order valence-corrected chi connectivity index (χ1v) is 9.75. The lowest BCUT2D eigenvalue weighted by molar-refractivity contribution is 0.0251. The van der Waals surface area contributed by atoms with E-state index in [0.29, 0.717) is 16.9 Å². The molecule has 2 fully saturated rings. The van der Waals surface area contributed by atoms with Crippen LogP contribution in [0.5, 0.6) is 0 Å². The molecule has 0 N–H and O–H groups in total. The number of rotatable bonds is 2. The van der Waals surface area contributed by atoms with Crippen LogP contribution in [0.4, 0.5) is 0 Å². The Morgan fingerprint density at radius 3 is 2.07 bits per heavy atom. The fourth-order valence-electron chi connectivity index (χ4n) is 3.74. The van der Waals surface area contributed by atoms with E-state index >= 15 is 0 Å². The maximum Gasteiger partial charge on any atom is 0.184 e. The highest BCUT2D eigenvalue weighted by molar-refractivity contribution is 6.69. The average molecular weight is 226 g/mol. The first-order chi connectivity index (χ1) is 6.67. The van der Waals surface area contributed by atoms with Crippen LogP contribution in [0.3, 0.4) is 0 Å². The van der Waals surface area contributed by atoms with E-state index in [1.54, 1.807) is 0 Å². The van der Waals surface area contributed by atoms with Crippen LogP contribution in [-0.2, 0) is 4.43 Å². The Balaban J connectivity index is 2.19. The highest BCUT2D eigenvalue weighted by Crippen LogP contribution is 2.66. The fraction of sp³-hybridized carbons (Fsp3) is 1.00. The van der Waals surface area contributed by atoms with Crippen molar-refractivity contribution in [2.24, 2.45) is 16.7 Å². The smallest absolute Gasteiger partial charge is 0.184 e. The predicted octanol–water partition coefficient (Wildman–Crippen LogP) is 4.05. The van der Waals surface area contributed by atoms with E-state index < -0.39 is 8.32 Å². The molecule has 0 radical (unpaired) electrons. The van der Waals surface area contributed by atoms with Crippen molar-refractivity contribution in [3.8, 4) is 0 Å². The zero-order valence-electron chi connectivity index (χ0n) is 11.2. The van der Waals surface area contributed by atoms with Gasteiger partial charge >= 0.3 is 0 Å². The third kappa shape index (κ3) is 1.61. The van der Waals surface area contributed by atoms with Crippen molar-refractivity contribution in [2.75, 3.05) is 0 Å². The van der Waals surface area contributed by atoms with Crippen molar-refractivity contribution in [2.45, 2.75) is 65.8 Å². The van der Waals surface area contributed by atoms with Crippen molar-refractivity contribution >= 4 is 8.32 Å². The van der Waals surface area contributed by atoms with Crippen molar-refractivity contribution in [1.82, 2.24) is 0 Å². The second-order valence-electron chi connectivity index (χ2n) is 7.33. The summed E-state index contributed by atoms with van der Waals surface area (Å²) in [5, 5.41) is 0. The largest absolute Gasteiger partial charge is 0.414 e. The lowest BCUT2D eigenvalue weighted by Crippen LogP contribution is -2.42. The maximum atomic E-state index is 6.41.